The first-order valence-electron chi connectivity index (χ1n) is 27.9. The highest BCUT2D eigenvalue weighted by Gasteiger charge is 2.19. The van der Waals surface area contributed by atoms with Crippen molar-refractivity contribution in [3.05, 3.63) is 109 Å². The van der Waals surface area contributed by atoms with E-state index in [1.54, 1.807) is 0 Å². The monoisotopic (exact) mass is 943 g/mol. The molecule has 0 rings (SSSR count). The molecule has 6 heteroatoms. The van der Waals surface area contributed by atoms with Gasteiger partial charge in [0.15, 0.2) is 6.10 Å². The van der Waals surface area contributed by atoms with Gasteiger partial charge >= 0.3 is 17.9 Å². The Balaban J connectivity index is 4.49. The molecule has 0 aliphatic carbocycles. The van der Waals surface area contributed by atoms with Crippen molar-refractivity contribution in [1.29, 1.82) is 0 Å². The molecule has 0 N–H and O–H groups in total. The summed E-state index contributed by atoms with van der Waals surface area (Å²) < 4.78 is 16.7. The van der Waals surface area contributed by atoms with Gasteiger partial charge in [0.05, 0.1) is 0 Å². The number of hydrogen-bond acceptors (Lipinski definition) is 6. The number of hydrogen-bond donors (Lipinski definition) is 0. The molecule has 0 fully saturated rings. The van der Waals surface area contributed by atoms with Crippen LogP contribution in [0, 0.1) is 0 Å². The summed E-state index contributed by atoms with van der Waals surface area (Å²) >= 11 is 0. The summed E-state index contributed by atoms with van der Waals surface area (Å²) in [5.41, 5.74) is 0. The minimum atomic E-state index is -0.818. The van der Waals surface area contributed by atoms with Gasteiger partial charge in [-0.3, -0.25) is 14.4 Å². The van der Waals surface area contributed by atoms with Gasteiger partial charge in [-0.1, -0.05) is 226 Å². The van der Waals surface area contributed by atoms with Crippen LogP contribution in [-0.2, 0) is 28.6 Å². The molecule has 0 aromatic carbocycles. The normalized spacial score (nSPS) is 12.9. The number of allylic oxidation sites excluding steroid dienone is 18. The van der Waals surface area contributed by atoms with E-state index in [2.05, 4.69) is 124 Å². The highest BCUT2D eigenvalue weighted by Crippen LogP contribution is 2.14. The van der Waals surface area contributed by atoms with Gasteiger partial charge in [-0.25, -0.2) is 0 Å². The van der Waals surface area contributed by atoms with Gasteiger partial charge in [0, 0.05) is 19.3 Å². The van der Waals surface area contributed by atoms with E-state index >= 15 is 0 Å². The fourth-order valence-electron chi connectivity index (χ4n) is 7.38. The minimum absolute atomic E-state index is 0.112. The third kappa shape index (κ3) is 53.0. The molecule has 68 heavy (non-hydrogen) atoms. The number of ether oxygens (including phenoxy) is 3. The molecule has 0 aliphatic heterocycles. The third-order valence-corrected chi connectivity index (χ3v) is 11.5. The van der Waals surface area contributed by atoms with E-state index in [4.69, 9.17) is 14.2 Å². The summed E-state index contributed by atoms with van der Waals surface area (Å²) in [5.74, 6) is -1.02. The number of carbonyl (C=O) groups excluding carboxylic acids is 3. The average Bonchev–Trinajstić information content (AvgIpc) is 3.34. The van der Waals surface area contributed by atoms with Crippen LogP contribution >= 0.6 is 0 Å². The lowest BCUT2D eigenvalue weighted by molar-refractivity contribution is -0.166. The summed E-state index contributed by atoms with van der Waals surface area (Å²) in [5, 5.41) is 0. The number of esters is 3. The van der Waals surface area contributed by atoms with Crippen molar-refractivity contribution in [3.8, 4) is 0 Å². The lowest BCUT2D eigenvalue weighted by atomic mass is 10.1. The second kappa shape index (κ2) is 55.7. The Bertz CT molecular complexity index is 1410. The summed E-state index contributed by atoms with van der Waals surface area (Å²) in [6.45, 7) is 6.33. The van der Waals surface area contributed by atoms with Gasteiger partial charge in [0.2, 0.25) is 0 Å². The van der Waals surface area contributed by atoms with E-state index in [1.807, 2.05) is 6.08 Å². The van der Waals surface area contributed by atoms with Gasteiger partial charge < -0.3 is 14.2 Å². The smallest absolute Gasteiger partial charge is 0.306 e. The SMILES string of the molecule is CC/C=C\C/C=C\C/C=C\C/C=C\C/C=C\C/C=C\CCC(=O)OCC(COC(=O)CCCCCCC/C=C\C/C=C\CC)OC(=O)CCCCCCCCC/C=C\CCCCCCCCCC. The van der Waals surface area contributed by atoms with Crippen LogP contribution in [0.5, 0.6) is 0 Å². The predicted molar refractivity (Wildman–Crippen MR) is 293 cm³/mol. The van der Waals surface area contributed by atoms with Gasteiger partial charge in [-0.2, -0.15) is 0 Å². The lowest BCUT2D eigenvalue weighted by Crippen LogP contribution is -2.30. The van der Waals surface area contributed by atoms with Crippen molar-refractivity contribution in [1.82, 2.24) is 0 Å². The highest BCUT2D eigenvalue weighted by atomic mass is 16.6. The standard InChI is InChI=1S/C62H102O6/c1-4-7-10-13-16-19-22-25-27-29-31-33-35-37-40-43-46-49-52-55-61(64)67-58-59(57-66-60(63)54-51-48-45-42-39-24-21-18-15-12-9-6-3)68-62(65)56-53-50-47-44-41-38-36-34-32-30-28-26-23-20-17-14-11-8-5-2/h7,9-10,12,16,18-19,21,25,27,30-33,37,40,46,49,59H,4-6,8,11,13-15,17,20,22-24,26,28-29,34-36,38-39,41-45,47-48,50-58H2,1-3H3/b10-7-,12-9-,19-16-,21-18-,27-25-,32-30-,33-31-,40-37-,49-46-. The maximum atomic E-state index is 12.8. The molecule has 0 saturated carbocycles. The molecule has 0 aromatic heterocycles. The topological polar surface area (TPSA) is 78.9 Å². The first-order chi connectivity index (χ1) is 33.5. The van der Waals surface area contributed by atoms with E-state index in [0.29, 0.717) is 19.3 Å². The molecule has 1 unspecified atom stereocenters. The van der Waals surface area contributed by atoms with Gasteiger partial charge in [-0.15, -0.1) is 0 Å². The zero-order valence-corrected chi connectivity index (χ0v) is 44.1. The Hall–Kier alpha value is -3.93. The Morgan fingerprint density at radius 2 is 0.603 bits per heavy atom. The van der Waals surface area contributed by atoms with Crippen LogP contribution in [-0.4, -0.2) is 37.2 Å². The third-order valence-electron chi connectivity index (χ3n) is 11.5. The Morgan fingerprint density at radius 3 is 1.00 bits per heavy atom. The summed E-state index contributed by atoms with van der Waals surface area (Å²) in [7, 11) is 0. The minimum Gasteiger partial charge on any atom is -0.462 e. The van der Waals surface area contributed by atoms with Crippen LogP contribution in [0.4, 0.5) is 0 Å². The summed E-state index contributed by atoms with van der Waals surface area (Å²) in [4.78, 5) is 38.1. The van der Waals surface area contributed by atoms with Crippen LogP contribution in [0.15, 0.2) is 109 Å². The average molecular weight is 943 g/mol. The fourth-order valence-corrected chi connectivity index (χ4v) is 7.38. The number of rotatable bonds is 49. The first kappa shape index (κ1) is 64.1. The van der Waals surface area contributed by atoms with Gasteiger partial charge in [0.1, 0.15) is 13.2 Å². The summed E-state index contributed by atoms with van der Waals surface area (Å²) in [6.07, 6.45) is 75.2. The van der Waals surface area contributed by atoms with Crippen molar-refractivity contribution in [2.24, 2.45) is 0 Å². The first-order valence-corrected chi connectivity index (χ1v) is 27.9. The molecule has 0 aliphatic rings. The van der Waals surface area contributed by atoms with E-state index < -0.39 is 6.10 Å². The van der Waals surface area contributed by atoms with Crippen LogP contribution in [0.3, 0.4) is 0 Å². The molecule has 386 valence electrons. The highest BCUT2D eigenvalue weighted by molar-refractivity contribution is 5.71. The van der Waals surface area contributed by atoms with Crippen molar-refractivity contribution in [2.45, 2.75) is 252 Å². The summed E-state index contributed by atoms with van der Waals surface area (Å²) in [6, 6.07) is 0. The molecule has 0 aromatic rings. The van der Waals surface area contributed by atoms with Gasteiger partial charge in [0.25, 0.3) is 0 Å². The second-order valence-corrected chi connectivity index (χ2v) is 18.1. The van der Waals surface area contributed by atoms with E-state index in [0.717, 1.165) is 109 Å². The largest absolute Gasteiger partial charge is 0.462 e. The van der Waals surface area contributed by atoms with E-state index in [-0.39, 0.29) is 37.5 Å². The predicted octanol–water partition coefficient (Wildman–Crippen LogP) is 18.7. The molecular weight excluding hydrogens is 841 g/mol. The fraction of sp³-hybridized carbons (Fsp3) is 0.661. The Morgan fingerprint density at radius 1 is 0.309 bits per heavy atom. The Labute approximate surface area is 419 Å². The molecule has 0 heterocycles. The maximum absolute atomic E-state index is 12.8. The van der Waals surface area contributed by atoms with Gasteiger partial charge in [-0.05, 0) is 109 Å². The molecule has 0 spiro atoms. The molecule has 0 amide bonds. The molecular formula is C62H102O6. The molecule has 1 atom stereocenters. The lowest BCUT2D eigenvalue weighted by Gasteiger charge is -2.18. The molecule has 0 saturated heterocycles. The van der Waals surface area contributed by atoms with Crippen LogP contribution < -0.4 is 0 Å². The second-order valence-electron chi connectivity index (χ2n) is 18.1. The van der Waals surface area contributed by atoms with Crippen molar-refractivity contribution < 1.29 is 28.6 Å². The van der Waals surface area contributed by atoms with Crippen molar-refractivity contribution in [3.63, 3.8) is 0 Å². The van der Waals surface area contributed by atoms with Crippen molar-refractivity contribution >= 4 is 17.9 Å². The van der Waals surface area contributed by atoms with Crippen molar-refractivity contribution in [2.75, 3.05) is 13.2 Å². The molecule has 0 bridgehead atoms. The van der Waals surface area contributed by atoms with Crippen LogP contribution in [0.25, 0.3) is 0 Å². The number of carbonyl (C=O) groups is 3. The molecule has 6 nitrogen and oxygen atoms in total. The van der Waals surface area contributed by atoms with Crippen LogP contribution in [0.2, 0.25) is 0 Å². The zero-order valence-electron chi connectivity index (χ0n) is 44.1. The number of unbranched alkanes of at least 4 members (excludes halogenated alkanes) is 20. The Kier molecular flexibility index (Phi) is 52.4. The quantitative estimate of drug-likeness (QED) is 0.0262. The van der Waals surface area contributed by atoms with Crippen LogP contribution in [0.1, 0.15) is 245 Å². The van der Waals surface area contributed by atoms with E-state index in [9.17, 15) is 14.4 Å². The maximum Gasteiger partial charge on any atom is 0.306 e. The molecule has 0 radical (unpaired) electrons. The van der Waals surface area contributed by atoms with E-state index in [1.165, 1.54) is 89.9 Å². The zero-order chi connectivity index (χ0) is 49.3.